The highest BCUT2D eigenvalue weighted by molar-refractivity contribution is 5.99. The zero-order chi connectivity index (χ0) is 14.3. The van der Waals surface area contributed by atoms with Crippen LogP contribution in [0.5, 0.6) is 0 Å². The van der Waals surface area contributed by atoms with Gasteiger partial charge in [-0.05, 0) is 31.0 Å². The number of nitrogens with one attached hydrogen (secondary N) is 1. The van der Waals surface area contributed by atoms with Crippen LogP contribution in [0, 0.1) is 10.1 Å². The zero-order valence-electron chi connectivity index (χ0n) is 10.4. The fourth-order valence-corrected chi connectivity index (χ4v) is 2.19. The summed E-state index contributed by atoms with van der Waals surface area (Å²) >= 11 is 0. The molecule has 0 bridgehead atoms. The first kappa shape index (κ1) is 12.3. The number of nitrogens with zero attached hydrogens (tertiary/aromatic N) is 2. The van der Waals surface area contributed by atoms with Gasteiger partial charge in [-0.2, -0.15) is 0 Å². The summed E-state index contributed by atoms with van der Waals surface area (Å²) in [7, 11) is 0. The Bertz CT molecular complexity index is 725. The van der Waals surface area contributed by atoms with Gasteiger partial charge in [0.15, 0.2) is 0 Å². The number of carbonyl (C=O) groups is 1. The van der Waals surface area contributed by atoms with E-state index in [1.165, 1.54) is 18.3 Å². The summed E-state index contributed by atoms with van der Waals surface area (Å²) < 4.78 is 0. The van der Waals surface area contributed by atoms with Crippen LogP contribution < -0.4 is 5.32 Å². The first-order chi connectivity index (χ1) is 9.53. The largest absolute Gasteiger partial charge is 0.480 e. The highest BCUT2D eigenvalue weighted by Crippen LogP contribution is 2.41. The summed E-state index contributed by atoms with van der Waals surface area (Å²) in [5.74, 6) is -0.917. The SMILES string of the molecule is O=C(O)C1(Nc2ccc([N+](=O)[O-])c3cccnc23)CC1. The lowest BCUT2D eigenvalue weighted by Gasteiger charge is -2.15. The molecule has 7 nitrogen and oxygen atoms in total. The van der Waals surface area contributed by atoms with E-state index in [4.69, 9.17) is 0 Å². The van der Waals surface area contributed by atoms with Crippen LogP contribution in [0.4, 0.5) is 11.4 Å². The van der Waals surface area contributed by atoms with Crippen LogP contribution in [0.3, 0.4) is 0 Å². The normalized spacial score (nSPS) is 15.8. The average Bonchev–Trinajstić information content (AvgIpc) is 3.20. The van der Waals surface area contributed by atoms with Gasteiger partial charge in [0.1, 0.15) is 11.1 Å². The van der Waals surface area contributed by atoms with Crippen LogP contribution in [0.15, 0.2) is 30.5 Å². The fraction of sp³-hybridized carbons (Fsp3) is 0.231. The molecule has 1 aromatic carbocycles. The molecule has 102 valence electrons. The van der Waals surface area contributed by atoms with Crippen molar-refractivity contribution in [1.29, 1.82) is 0 Å². The summed E-state index contributed by atoms with van der Waals surface area (Å²) in [5, 5.41) is 23.5. The average molecular weight is 273 g/mol. The van der Waals surface area contributed by atoms with Gasteiger partial charge in [0.25, 0.3) is 5.69 Å². The van der Waals surface area contributed by atoms with E-state index in [2.05, 4.69) is 10.3 Å². The molecule has 1 aromatic heterocycles. The number of anilines is 1. The molecular weight excluding hydrogens is 262 g/mol. The van der Waals surface area contributed by atoms with E-state index in [0.29, 0.717) is 29.4 Å². The third-order valence-corrected chi connectivity index (χ3v) is 3.48. The van der Waals surface area contributed by atoms with Gasteiger partial charge >= 0.3 is 5.97 Å². The molecule has 1 fully saturated rings. The van der Waals surface area contributed by atoms with Crippen LogP contribution in [0.25, 0.3) is 10.9 Å². The van der Waals surface area contributed by atoms with Gasteiger partial charge in [-0.1, -0.05) is 0 Å². The van der Waals surface area contributed by atoms with Gasteiger partial charge in [-0.15, -0.1) is 0 Å². The number of pyridine rings is 1. The third kappa shape index (κ3) is 1.83. The van der Waals surface area contributed by atoms with Gasteiger partial charge in [-0.25, -0.2) is 4.79 Å². The number of aliphatic carboxylic acids is 1. The number of benzene rings is 1. The van der Waals surface area contributed by atoms with Gasteiger partial charge in [0, 0.05) is 12.3 Å². The molecule has 0 amide bonds. The Morgan fingerprint density at radius 1 is 1.40 bits per heavy atom. The molecule has 3 rings (SSSR count). The number of rotatable bonds is 4. The van der Waals surface area contributed by atoms with Crippen molar-refractivity contribution in [3.05, 3.63) is 40.6 Å². The van der Waals surface area contributed by atoms with Crippen LogP contribution in [0.2, 0.25) is 0 Å². The first-order valence-corrected chi connectivity index (χ1v) is 6.07. The lowest BCUT2D eigenvalue weighted by molar-refractivity contribution is -0.383. The Kier molecular flexibility index (Phi) is 2.56. The predicted octanol–water partition coefficient (Wildman–Crippen LogP) is 2.17. The van der Waals surface area contributed by atoms with Crippen LogP contribution in [0.1, 0.15) is 12.8 Å². The minimum absolute atomic E-state index is 0.0428. The second-order valence-corrected chi connectivity index (χ2v) is 4.80. The van der Waals surface area contributed by atoms with Gasteiger partial charge in [0.05, 0.1) is 16.0 Å². The molecule has 2 aromatic rings. The summed E-state index contributed by atoms with van der Waals surface area (Å²) in [4.78, 5) is 25.9. The molecule has 20 heavy (non-hydrogen) atoms. The molecule has 0 aliphatic heterocycles. The van der Waals surface area contributed by atoms with Crippen molar-refractivity contribution in [3.8, 4) is 0 Å². The number of hydrogen-bond donors (Lipinski definition) is 2. The van der Waals surface area contributed by atoms with E-state index in [0.717, 1.165) is 0 Å². The summed E-state index contributed by atoms with van der Waals surface area (Å²) in [6.07, 6.45) is 2.60. The number of hydrogen-bond acceptors (Lipinski definition) is 5. The summed E-state index contributed by atoms with van der Waals surface area (Å²) in [5.41, 5.74) is -0.0835. The Balaban J connectivity index is 2.11. The molecule has 1 heterocycles. The molecule has 1 aliphatic carbocycles. The maximum Gasteiger partial charge on any atom is 0.329 e. The number of aromatic nitrogens is 1. The molecule has 0 radical (unpaired) electrons. The van der Waals surface area contributed by atoms with Crippen LogP contribution >= 0.6 is 0 Å². The molecule has 0 saturated heterocycles. The third-order valence-electron chi connectivity index (χ3n) is 3.48. The lowest BCUT2D eigenvalue weighted by atomic mass is 10.1. The van der Waals surface area contributed by atoms with Crippen molar-refractivity contribution in [1.82, 2.24) is 4.98 Å². The van der Waals surface area contributed by atoms with E-state index < -0.39 is 16.4 Å². The van der Waals surface area contributed by atoms with E-state index in [1.807, 2.05) is 0 Å². The molecule has 2 N–H and O–H groups in total. The minimum Gasteiger partial charge on any atom is -0.480 e. The van der Waals surface area contributed by atoms with Crippen molar-refractivity contribution >= 4 is 28.2 Å². The van der Waals surface area contributed by atoms with E-state index in [1.54, 1.807) is 12.1 Å². The molecular formula is C13H11N3O4. The molecule has 1 aliphatic rings. The van der Waals surface area contributed by atoms with E-state index in [-0.39, 0.29) is 5.69 Å². The van der Waals surface area contributed by atoms with Gasteiger partial charge in [-0.3, -0.25) is 15.1 Å². The van der Waals surface area contributed by atoms with Crippen molar-refractivity contribution in [2.45, 2.75) is 18.4 Å². The molecule has 7 heteroatoms. The quantitative estimate of drug-likeness (QED) is 0.653. The Morgan fingerprint density at radius 3 is 2.75 bits per heavy atom. The second kappa shape index (κ2) is 4.16. The minimum atomic E-state index is -0.958. The molecule has 0 atom stereocenters. The summed E-state index contributed by atoms with van der Waals surface area (Å²) in [6.45, 7) is 0. The monoisotopic (exact) mass is 273 g/mol. The molecule has 0 spiro atoms. The van der Waals surface area contributed by atoms with Crippen LogP contribution in [-0.2, 0) is 4.79 Å². The standard InChI is InChI=1S/C13H11N3O4/c17-12(18)13(5-6-13)15-9-3-4-10(16(19)20)8-2-1-7-14-11(8)9/h1-4,7,15H,5-6H2,(H,17,18). The fourth-order valence-electron chi connectivity index (χ4n) is 2.19. The number of nitro benzene ring substituents is 1. The Hall–Kier alpha value is -2.70. The number of non-ortho nitro benzene ring substituents is 1. The predicted molar refractivity (Wildman–Crippen MR) is 71.6 cm³/mol. The number of carboxylic acids is 1. The van der Waals surface area contributed by atoms with Crippen molar-refractivity contribution in [3.63, 3.8) is 0 Å². The first-order valence-electron chi connectivity index (χ1n) is 6.07. The number of carboxylic acid groups (broad SMARTS) is 1. The molecule has 0 unspecified atom stereocenters. The summed E-state index contributed by atoms with van der Waals surface area (Å²) in [6, 6.07) is 6.09. The van der Waals surface area contributed by atoms with Crippen molar-refractivity contribution in [2.24, 2.45) is 0 Å². The van der Waals surface area contributed by atoms with E-state index >= 15 is 0 Å². The zero-order valence-corrected chi connectivity index (χ0v) is 10.4. The maximum absolute atomic E-state index is 11.2. The lowest BCUT2D eigenvalue weighted by Crippen LogP contribution is -2.31. The smallest absolute Gasteiger partial charge is 0.329 e. The highest BCUT2D eigenvalue weighted by atomic mass is 16.6. The Labute approximate surface area is 113 Å². The molecule has 1 saturated carbocycles. The van der Waals surface area contributed by atoms with E-state index in [9.17, 15) is 20.0 Å². The van der Waals surface area contributed by atoms with Gasteiger partial charge < -0.3 is 10.4 Å². The maximum atomic E-state index is 11.2. The Morgan fingerprint density at radius 2 is 2.15 bits per heavy atom. The van der Waals surface area contributed by atoms with Crippen molar-refractivity contribution in [2.75, 3.05) is 5.32 Å². The highest BCUT2D eigenvalue weighted by Gasteiger charge is 2.50. The number of nitro groups is 1. The topological polar surface area (TPSA) is 105 Å². The van der Waals surface area contributed by atoms with Crippen LogP contribution in [-0.4, -0.2) is 26.5 Å². The number of fused-ring (bicyclic) bond motifs is 1. The van der Waals surface area contributed by atoms with Crippen molar-refractivity contribution < 1.29 is 14.8 Å². The van der Waals surface area contributed by atoms with Gasteiger partial charge in [0.2, 0.25) is 0 Å². The second-order valence-electron chi connectivity index (χ2n) is 4.80.